The zero-order valence-electron chi connectivity index (χ0n) is 14.6. The molecule has 0 N–H and O–H groups in total. The molecule has 0 saturated carbocycles. The lowest BCUT2D eigenvalue weighted by atomic mass is 9.93. The summed E-state index contributed by atoms with van der Waals surface area (Å²) in [5.41, 5.74) is 3.05. The molecule has 2 rings (SSSR count). The van der Waals surface area contributed by atoms with Crippen LogP contribution in [-0.4, -0.2) is 19.2 Å². The summed E-state index contributed by atoms with van der Waals surface area (Å²) in [6.45, 7) is 4.87. The Morgan fingerprint density at radius 2 is 1.54 bits per heavy atom. The number of benzene rings is 2. The highest BCUT2D eigenvalue weighted by Crippen LogP contribution is 2.32. The number of hydrogen-bond donors (Lipinski definition) is 0. The molecule has 0 aliphatic heterocycles. The number of carbonyl (C=O) groups excluding carboxylic acids is 2. The maximum atomic E-state index is 11.2. The van der Waals surface area contributed by atoms with Gasteiger partial charge in [-0.05, 0) is 41.3 Å². The third-order valence-corrected chi connectivity index (χ3v) is 4.45. The van der Waals surface area contributed by atoms with E-state index in [4.69, 9.17) is 4.74 Å². The van der Waals surface area contributed by atoms with E-state index in [0.717, 1.165) is 58.6 Å². The number of aldehydes is 2. The van der Waals surface area contributed by atoms with E-state index in [2.05, 4.69) is 6.92 Å². The predicted octanol–water partition coefficient (Wildman–Crippen LogP) is 4.59. The van der Waals surface area contributed by atoms with Gasteiger partial charge < -0.3 is 14.3 Å². The minimum Gasteiger partial charge on any atom is -0.493 e. The average Bonchev–Trinajstić information content (AvgIpc) is 2.59. The van der Waals surface area contributed by atoms with E-state index < -0.39 is 0 Å². The zero-order valence-corrected chi connectivity index (χ0v) is 14.6. The molecular formula is C21H26O3. The maximum absolute atomic E-state index is 11.2. The number of carbonyl (C=O) groups is 2. The number of fused-ring (bicyclic) bond motifs is 1. The lowest BCUT2D eigenvalue weighted by Crippen LogP contribution is -2.03. The van der Waals surface area contributed by atoms with Gasteiger partial charge in [-0.1, -0.05) is 44.4 Å². The SMILES string of the molecule is CCCCCCOc1ccc2c(CC=O)c(C)ccc2c1CC=O. The van der Waals surface area contributed by atoms with Crippen LogP contribution < -0.4 is 4.74 Å². The third-order valence-electron chi connectivity index (χ3n) is 4.45. The van der Waals surface area contributed by atoms with Crippen molar-refractivity contribution in [2.75, 3.05) is 6.61 Å². The molecule has 0 unspecified atom stereocenters. The summed E-state index contributed by atoms with van der Waals surface area (Å²) in [5.74, 6) is 0.784. The first-order valence-corrected chi connectivity index (χ1v) is 8.77. The Kier molecular flexibility index (Phi) is 6.98. The summed E-state index contributed by atoms with van der Waals surface area (Å²) in [6, 6.07) is 7.99. The highest BCUT2D eigenvalue weighted by molar-refractivity contribution is 5.93. The van der Waals surface area contributed by atoms with Crippen molar-refractivity contribution in [3.05, 3.63) is 41.0 Å². The van der Waals surface area contributed by atoms with Crippen LogP contribution in [-0.2, 0) is 22.4 Å². The van der Waals surface area contributed by atoms with Gasteiger partial charge in [0, 0.05) is 18.4 Å². The van der Waals surface area contributed by atoms with E-state index >= 15 is 0 Å². The standard InChI is InChI=1S/C21H26O3/c1-3-4-5-6-15-24-21-10-9-18-17(11-13-22)16(2)7-8-19(18)20(21)12-14-23/h7-10,13-14H,3-6,11-12,15H2,1-2H3. The molecule has 0 aliphatic carbocycles. The lowest BCUT2D eigenvalue weighted by molar-refractivity contribution is -0.108. The molecule has 0 bridgehead atoms. The minimum atomic E-state index is 0.325. The van der Waals surface area contributed by atoms with Gasteiger partial charge in [-0.25, -0.2) is 0 Å². The van der Waals surface area contributed by atoms with Crippen LogP contribution in [0.5, 0.6) is 5.75 Å². The maximum Gasteiger partial charge on any atom is 0.124 e. The molecule has 2 aromatic carbocycles. The van der Waals surface area contributed by atoms with E-state index in [1.165, 1.54) is 12.8 Å². The molecule has 0 fully saturated rings. The third kappa shape index (κ3) is 4.22. The summed E-state index contributed by atoms with van der Waals surface area (Å²) in [7, 11) is 0. The molecule has 3 heteroatoms. The average molecular weight is 326 g/mol. The Labute approximate surface area is 144 Å². The molecule has 0 saturated heterocycles. The Bertz CT molecular complexity index is 704. The van der Waals surface area contributed by atoms with Crippen molar-refractivity contribution < 1.29 is 14.3 Å². The highest BCUT2D eigenvalue weighted by atomic mass is 16.5. The largest absolute Gasteiger partial charge is 0.493 e. The molecule has 0 amide bonds. The van der Waals surface area contributed by atoms with Crippen molar-refractivity contribution in [1.29, 1.82) is 0 Å². The van der Waals surface area contributed by atoms with E-state index in [0.29, 0.717) is 19.4 Å². The molecule has 0 radical (unpaired) electrons. The van der Waals surface area contributed by atoms with Crippen molar-refractivity contribution in [3.8, 4) is 5.75 Å². The first-order valence-electron chi connectivity index (χ1n) is 8.77. The van der Waals surface area contributed by atoms with Crippen molar-refractivity contribution >= 4 is 23.3 Å². The fourth-order valence-corrected chi connectivity index (χ4v) is 3.11. The van der Waals surface area contributed by atoms with Gasteiger partial charge in [0.15, 0.2) is 0 Å². The lowest BCUT2D eigenvalue weighted by Gasteiger charge is -2.15. The van der Waals surface area contributed by atoms with Gasteiger partial charge in [0.2, 0.25) is 0 Å². The van der Waals surface area contributed by atoms with Crippen LogP contribution in [0.15, 0.2) is 24.3 Å². The number of unbranched alkanes of at least 4 members (excludes halogenated alkanes) is 3. The van der Waals surface area contributed by atoms with Crippen molar-refractivity contribution in [2.24, 2.45) is 0 Å². The zero-order chi connectivity index (χ0) is 17.4. The number of ether oxygens (including phenoxy) is 1. The summed E-state index contributed by atoms with van der Waals surface area (Å²) in [6.07, 6.45) is 7.16. The predicted molar refractivity (Wildman–Crippen MR) is 97.9 cm³/mol. The number of aryl methyl sites for hydroxylation is 1. The fraction of sp³-hybridized carbons (Fsp3) is 0.429. The van der Waals surface area contributed by atoms with Crippen LogP contribution in [0.3, 0.4) is 0 Å². The summed E-state index contributed by atoms with van der Waals surface area (Å²) in [5, 5.41) is 2.05. The number of hydrogen-bond acceptors (Lipinski definition) is 3. The van der Waals surface area contributed by atoms with E-state index in [9.17, 15) is 9.59 Å². The second kappa shape index (κ2) is 9.21. The second-order valence-electron chi connectivity index (χ2n) is 6.15. The molecule has 128 valence electrons. The summed E-state index contributed by atoms with van der Waals surface area (Å²) < 4.78 is 5.95. The first kappa shape index (κ1) is 18.2. The quantitative estimate of drug-likeness (QED) is 0.474. The molecule has 24 heavy (non-hydrogen) atoms. The Morgan fingerprint density at radius 3 is 2.25 bits per heavy atom. The van der Waals surface area contributed by atoms with E-state index in [1.807, 2.05) is 31.2 Å². The molecule has 3 nitrogen and oxygen atoms in total. The summed E-state index contributed by atoms with van der Waals surface area (Å²) >= 11 is 0. The Balaban J connectivity index is 2.35. The van der Waals surface area contributed by atoms with E-state index in [-0.39, 0.29) is 0 Å². The van der Waals surface area contributed by atoms with Crippen molar-refractivity contribution in [2.45, 2.75) is 52.4 Å². The monoisotopic (exact) mass is 326 g/mol. The molecule has 0 aromatic heterocycles. The topological polar surface area (TPSA) is 43.4 Å². The van der Waals surface area contributed by atoms with Gasteiger partial charge >= 0.3 is 0 Å². The van der Waals surface area contributed by atoms with Gasteiger partial charge in [-0.2, -0.15) is 0 Å². The molecule has 2 aromatic rings. The Hall–Kier alpha value is -2.16. The Morgan fingerprint density at radius 1 is 0.875 bits per heavy atom. The first-order chi connectivity index (χ1) is 11.7. The van der Waals surface area contributed by atoms with Crippen LogP contribution in [0, 0.1) is 6.92 Å². The van der Waals surface area contributed by atoms with Crippen molar-refractivity contribution in [1.82, 2.24) is 0 Å². The molecule has 0 spiro atoms. The van der Waals surface area contributed by atoms with Crippen LogP contribution in [0.1, 0.15) is 49.3 Å². The van der Waals surface area contributed by atoms with Crippen molar-refractivity contribution in [3.63, 3.8) is 0 Å². The molecular weight excluding hydrogens is 300 g/mol. The van der Waals surface area contributed by atoms with Gasteiger partial charge in [0.05, 0.1) is 6.61 Å². The second-order valence-corrected chi connectivity index (χ2v) is 6.15. The normalized spacial score (nSPS) is 10.8. The van der Waals surface area contributed by atoms with Gasteiger partial charge in [-0.15, -0.1) is 0 Å². The highest BCUT2D eigenvalue weighted by Gasteiger charge is 2.12. The minimum absolute atomic E-state index is 0.325. The van der Waals surface area contributed by atoms with Crippen LogP contribution in [0.4, 0.5) is 0 Å². The van der Waals surface area contributed by atoms with Gasteiger partial charge in [-0.3, -0.25) is 0 Å². The fourth-order valence-electron chi connectivity index (χ4n) is 3.11. The van der Waals surface area contributed by atoms with E-state index in [1.54, 1.807) is 0 Å². The van der Waals surface area contributed by atoms with Crippen LogP contribution in [0.2, 0.25) is 0 Å². The van der Waals surface area contributed by atoms with Crippen LogP contribution in [0.25, 0.3) is 10.8 Å². The number of rotatable bonds is 10. The van der Waals surface area contributed by atoms with Gasteiger partial charge in [0.25, 0.3) is 0 Å². The van der Waals surface area contributed by atoms with Gasteiger partial charge in [0.1, 0.15) is 18.3 Å². The summed E-state index contributed by atoms with van der Waals surface area (Å²) in [4.78, 5) is 22.1. The van der Waals surface area contributed by atoms with Crippen LogP contribution >= 0.6 is 0 Å². The molecule has 0 aliphatic rings. The smallest absolute Gasteiger partial charge is 0.124 e. The molecule has 0 heterocycles. The molecule has 0 atom stereocenters.